The zero-order chi connectivity index (χ0) is 16.2. The van der Waals surface area contributed by atoms with Crippen molar-refractivity contribution < 1.29 is 18.7 Å². The normalized spacial score (nSPS) is 20.6. The number of para-hydroxylation sites is 1. The number of carbonyl (C=O) groups is 2. The lowest BCUT2D eigenvalue weighted by atomic mass is 10.2. The Morgan fingerprint density at radius 1 is 1.35 bits per heavy atom. The van der Waals surface area contributed by atoms with Gasteiger partial charge < -0.3 is 15.0 Å². The molecule has 5 nitrogen and oxygen atoms in total. The lowest BCUT2D eigenvalue weighted by molar-refractivity contribution is -0.140. The first-order valence-electron chi connectivity index (χ1n) is 7.65. The fourth-order valence-electron chi connectivity index (χ4n) is 2.36. The number of anilines is 1. The van der Waals surface area contributed by atoms with E-state index in [2.05, 4.69) is 5.32 Å². The number of nitrogens with zero attached hydrogens (tertiary/aromatic N) is 1. The van der Waals surface area contributed by atoms with Gasteiger partial charge in [-0.3, -0.25) is 9.59 Å². The minimum absolute atomic E-state index is 0.000534. The van der Waals surface area contributed by atoms with E-state index >= 15 is 0 Å². The molecule has 0 unspecified atom stereocenters. The summed E-state index contributed by atoms with van der Waals surface area (Å²) in [6.07, 6.45) is 2.34. The zero-order valence-electron chi connectivity index (χ0n) is 12.7. The van der Waals surface area contributed by atoms with E-state index in [9.17, 15) is 14.0 Å². The molecule has 1 heterocycles. The molecule has 0 radical (unpaired) electrons. The molecule has 2 aliphatic rings. The maximum Gasteiger partial charge on any atom is 0.249 e. The number of hydrogen-bond acceptors (Lipinski definition) is 4. The molecule has 1 saturated carbocycles. The first kappa shape index (κ1) is 16.3. The SMILES string of the molecule is O=C(Nc1ccccc1F)[C@@H]1CSCN1C(=O)COCC1CC1. The van der Waals surface area contributed by atoms with Crippen molar-refractivity contribution in [1.82, 2.24) is 4.90 Å². The van der Waals surface area contributed by atoms with E-state index in [1.54, 1.807) is 12.1 Å². The number of carbonyl (C=O) groups excluding carboxylic acids is 2. The summed E-state index contributed by atoms with van der Waals surface area (Å²) in [6, 6.07) is 5.41. The molecule has 0 aromatic heterocycles. The maximum atomic E-state index is 13.6. The van der Waals surface area contributed by atoms with Crippen molar-refractivity contribution in [2.75, 3.05) is 30.2 Å². The third kappa shape index (κ3) is 4.23. The van der Waals surface area contributed by atoms with Crippen LogP contribution in [-0.4, -0.2) is 47.6 Å². The molecule has 23 heavy (non-hydrogen) atoms. The van der Waals surface area contributed by atoms with Gasteiger partial charge in [-0.2, -0.15) is 0 Å². The van der Waals surface area contributed by atoms with Crippen LogP contribution in [0.15, 0.2) is 24.3 Å². The molecule has 0 bridgehead atoms. The summed E-state index contributed by atoms with van der Waals surface area (Å²) in [5.74, 6) is 0.517. The smallest absolute Gasteiger partial charge is 0.249 e. The standard InChI is InChI=1S/C16H19FN2O3S/c17-12-3-1-2-4-13(12)18-16(21)14-9-23-10-19(14)15(20)8-22-7-11-5-6-11/h1-4,11,14H,5-10H2,(H,18,21)/t14-/m0/s1. The average Bonchev–Trinajstić information content (AvgIpc) is 3.22. The Kier molecular flexibility index (Phi) is 5.17. The topological polar surface area (TPSA) is 58.6 Å². The lowest BCUT2D eigenvalue weighted by Gasteiger charge is -2.23. The van der Waals surface area contributed by atoms with Crippen molar-refractivity contribution in [3.8, 4) is 0 Å². The Labute approximate surface area is 138 Å². The van der Waals surface area contributed by atoms with Gasteiger partial charge in [0.05, 0.1) is 18.2 Å². The van der Waals surface area contributed by atoms with Crippen molar-refractivity contribution in [2.45, 2.75) is 18.9 Å². The fourth-order valence-corrected chi connectivity index (χ4v) is 3.55. The number of amides is 2. The Morgan fingerprint density at radius 3 is 2.87 bits per heavy atom. The molecule has 1 saturated heterocycles. The van der Waals surface area contributed by atoms with Crippen molar-refractivity contribution in [3.63, 3.8) is 0 Å². The summed E-state index contributed by atoms with van der Waals surface area (Å²) in [6.45, 7) is 0.610. The Morgan fingerprint density at radius 2 is 2.13 bits per heavy atom. The van der Waals surface area contributed by atoms with Crippen LogP contribution in [0.3, 0.4) is 0 Å². The second kappa shape index (κ2) is 7.31. The quantitative estimate of drug-likeness (QED) is 0.863. The summed E-state index contributed by atoms with van der Waals surface area (Å²) < 4.78 is 19.0. The van der Waals surface area contributed by atoms with E-state index in [-0.39, 0.29) is 24.1 Å². The van der Waals surface area contributed by atoms with Gasteiger partial charge in [-0.05, 0) is 30.9 Å². The summed E-state index contributed by atoms with van der Waals surface area (Å²) in [4.78, 5) is 26.1. The third-order valence-corrected chi connectivity index (χ3v) is 4.93. The molecule has 1 aromatic rings. The highest BCUT2D eigenvalue weighted by Crippen LogP contribution is 2.29. The molecule has 1 N–H and O–H groups in total. The van der Waals surface area contributed by atoms with Crippen LogP contribution in [0, 0.1) is 11.7 Å². The molecule has 1 aliphatic carbocycles. The van der Waals surface area contributed by atoms with Crippen molar-refractivity contribution >= 4 is 29.3 Å². The molecule has 124 valence electrons. The summed E-state index contributed by atoms with van der Waals surface area (Å²) in [5, 5.41) is 2.56. The van der Waals surface area contributed by atoms with Gasteiger partial charge in [-0.15, -0.1) is 11.8 Å². The molecule has 1 aliphatic heterocycles. The first-order chi connectivity index (χ1) is 11.1. The van der Waals surface area contributed by atoms with Gasteiger partial charge in [0.15, 0.2) is 0 Å². The van der Waals surface area contributed by atoms with E-state index in [1.807, 2.05) is 0 Å². The highest BCUT2D eigenvalue weighted by molar-refractivity contribution is 7.99. The maximum absolute atomic E-state index is 13.6. The van der Waals surface area contributed by atoms with E-state index < -0.39 is 11.9 Å². The van der Waals surface area contributed by atoms with Crippen LogP contribution in [0.2, 0.25) is 0 Å². The summed E-state index contributed by atoms with van der Waals surface area (Å²) in [5.41, 5.74) is 0.131. The number of ether oxygens (including phenoxy) is 1. The Bertz CT molecular complexity index is 594. The molecular weight excluding hydrogens is 319 g/mol. The minimum Gasteiger partial charge on any atom is -0.371 e. The number of benzene rings is 1. The van der Waals surface area contributed by atoms with Crippen LogP contribution in [0.4, 0.5) is 10.1 Å². The number of thioether (sulfide) groups is 1. The van der Waals surface area contributed by atoms with Gasteiger partial charge >= 0.3 is 0 Å². The van der Waals surface area contributed by atoms with Crippen LogP contribution < -0.4 is 5.32 Å². The number of nitrogens with one attached hydrogen (secondary N) is 1. The van der Waals surface area contributed by atoms with Crippen LogP contribution in [0.5, 0.6) is 0 Å². The van der Waals surface area contributed by atoms with Gasteiger partial charge in [0.2, 0.25) is 11.8 Å². The number of hydrogen-bond donors (Lipinski definition) is 1. The summed E-state index contributed by atoms with van der Waals surface area (Å²) >= 11 is 1.51. The van der Waals surface area contributed by atoms with Gasteiger partial charge in [-0.1, -0.05) is 12.1 Å². The van der Waals surface area contributed by atoms with Crippen molar-refractivity contribution in [1.29, 1.82) is 0 Å². The van der Waals surface area contributed by atoms with E-state index in [0.717, 1.165) is 0 Å². The first-order valence-corrected chi connectivity index (χ1v) is 8.81. The fraction of sp³-hybridized carbons (Fsp3) is 0.500. The Balaban J connectivity index is 1.55. The van der Waals surface area contributed by atoms with Gasteiger partial charge in [0.25, 0.3) is 0 Å². The summed E-state index contributed by atoms with van der Waals surface area (Å²) in [7, 11) is 0. The predicted molar refractivity (Wildman–Crippen MR) is 86.5 cm³/mol. The molecule has 2 fully saturated rings. The molecule has 3 rings (SSSR count). The second-order valence-corrected chi connectivity index (χ2v) is 6.81. The highest BCUT2D eigenvalue weighted by atomic mass is 32.2. The molecular formula is C16H19FN2O3S. The highest BCUT2D eigenvalue weighted by Gasteiger charge is 2.35. The molecule has 0 spiro atoms. The molecule has 7 heteroatoms. The van der Waals surface area contributed by atoms with Crippen LogP contribution >= 0.6 is 11.8 Å². The van der Waals surface area contributed by atoms with Crippen LogP contribution in [0.25, 0.3) is 0 Å². The van der Waals surface area contributed by atoms with Crippen LogP contribution in [-0.2, 0) is 14.3 Å². The number of rotatable bonds is 6. The molecule has 2 amide bonds. The van der Waals surface area contributed by atoms with Crippen molar-refractivity contribution in [3.05, 3.63) is 30.1 Å². The van der Waals surface area contributed by atoms with Crippen LogP contribution in [0.1, 0.15) is 12.8 Å². The average molecular weight is 338 g/mol. The number of halogens is 1. The zero-order valence-corrected chi connectivity index (χ0v) is 13.5. The minimum atomic E-state index is -0.586. The largest absolute Gasteiger partial charge is 0.371 e. The second-order valence-electron chi connectivity index (χ2n) is 5.81. The molecule has 1 atom stereocenters. The van der Waals surface area contributed by atoms with E-state index in [1.165, 1.54) is 41.6 Å². The Hall–Kier alpha value is -1.60. The van der Waals surface area contributed by atoms with Gasteiger partial charge in [0, 0.05) is 5.75 Å². The lowest BCUT2D eigenvalue weighted by Crippen LogP contribution is -2.46. The van der Waals surface area contributed by atoms with E-state index in [0.29, 0.717) is 24.2 Å². The third-order valence-electron chi connectivity index (χ3n) is 3.91. The van der Waals surface area contributed by atoms with E-state index in [4.69, 9.17) is 4.74 Å². The monoisotopic (exact) mass is 338 g/mol. The van der Waals surface area contributed by atoms with Gasteiger partial charge in [0.1, 0.15) is 18.5 Å². The predicted octanol–water partition coefficient (Wildman–Crippen LogP) is 2.09. The van der Waals surface area contributed by atoms with Crippen molar-refractivity contribution in [2.24, 2.45) is 5.92 Å². The molecule has 1 aromatic carbocycles. The van der Waals surface area contributed by atoms with Gasteiger partial charge in [-0.25, -0.2) is 4.39 Å².